The quantitative estimate of drug-likeness (QED) is 0.762. The number of phenolic OH excluding ortho intramolecular Hbond substituents is 1. The minimum atomic E-state index is -3.50. The lowest BCUT2D eigenvalue weighted by Gasteiger charge is -2.19. The van der Waals surface area contributed by atoms with E-state index in [0.29, 0.717) is 13.0 Å². The topological polar surface area (TPSA) is 83.5 Å². The maximum atomic E-state index is 12.4. The predicted octanol–water partition coefficient (Wildman–Crippen LogP) is 3.21. The van der Waals surface area contributed by atoms with E-state index >= 15 is 0 Å². The number of amides is 1. The van der Waals surface area contributed by atoms with Crippen LogP contribution in [0.25, 0.3) is 0 Å². The first-order chi connectivity index (χ1) is 12.6. The van der Waals surface area contributed by atoms with Crippen LogP contribution in [0.2, 0.25) is 0 Å². The fourth-order valence-corrected chi connectivity index (χ4v) is 3.89. The Bertz CT molecular complexity index is 881. The second-order valence-corrected chi connectivity index (χ2v) is 9.68. The number of aromatic hydroxyl groups is 1. The van der Waals surface area contributed by atoms with E-state index in [9.17, 15) is 18.3 Å². The number of hydrogen-bond donors (Lipinski definition) is 2. The Morgan fingerprint density at radius 3 is 2.26 bits per heavy atom. The van der Waals surface area contributed by atoms with Crippen molar-refractivity contribution in [1.29, 1.82) is 0 Å². The van der Waals surface area contributed by atoms with Gasteiger partial charge in [0.2, 0.25) is 5.91 Å². The Hall–Kier alpha value is -2.34. The van der Waals surface area contributed by atoms with Gasteiger partial charge in [0.05, 0.1) is 10.6 Å². The molecule has 0 saturated heterocycles. The standard InChI is InChI=1S/C21H27NO4S/c1-21(2,3)17-8-10-18(11-9-17)27(25,26)15-13-20(24)22-14-12-16-6-4-5-7-19(16)23/h4-11,23H,12-15H2,1-3H3,(H,22,24). The van der Waals surface area contributed by atoms with Gasteiger partial charge in [0, 0.05) is 13.0 Å². The highest BCUT2D eigenvalue weighted by Gasteiger charge is 2.19. The number of sulfone groups is 1. The third kappa shape index (κ3) is 6.10. The molecular weight excluding hydrogens is 362 g/mol. The molecule has 5 nitrogen and oxygen atoms in total. The van der Waals surface area contributed by atoms with Gasteiger partial charge in [0.15, 0.2) is 9.84 Å². The first-order valence-electron chi connectivity index (χ1n) is 8.96. The van der Waals surface area contributed by atoms with E-state index < -0.39 is 9.84 Å². The van der Waals surface area contributed by atoms with Gasteiger partial charge in [-0.25, -0.2) is 8.42 Å². The van der Waals surface area contributed by atoms with Gasteiger partial charge >= 0.3 is 0 Å². The summed E-state index contributed by atoms with van der Waals surface area (Å²) in [5, 5.41) is 12.4. The second kappa shape index (κ2) is 8.57. The third-order valence-electron chi connectivity index (χ3n) is 4.39. The van der Waals surface area contributed by atoms with Gasteiger partial charge in [-0.2, -0.15) is 0 Å². The SMILES string of the molecule is CC(C)(C)c1ccc(S(=O)(=O)CCC(=O)NCCc2ccccc2O)cc1. The zero-order valence-electron chi connectivity index (χ0n) is 16.0. The summed E-state index contributed by atoms with van der Waals surface area (Å²) < 4.78 is 24.8. The van der Waals surface area contributed by atoms with Crippen molar-refractivity contribution in [3.05, 3.63) is 59.7 Å². The fourth-order valence-electron chi connectivity index (χ4n) is 2.65. The van der Waals surface area contributed by atoms with Gasteiger partial charge in [-0.1, -0.05) is 51.1 Å². The Morgan fingerprint density at radius 1 is 1.04 bits per heavy atom. The number of nitrogens with one attached hydrogen (secondary N) is 1. The molecule has 0 bridgehead atoms. The molecule has 0 fully saturated rings. The minimum absolute atomic E-state index is 0.0463. The normalized spacial score (nSPS) is 12.0. The van der Waals surface area contributed by atoms with Crippen LogP contribution in [0.4, 0.5) is 0 Å². The summed E-state index contributed by atoms with van der Waals surface area (Å²) in [5.41, 5.74) is 1.75. The molecule has 0 unspecified atom stereocenters. The van der Waals surface area contributed by atoms with Crippen LogP contribution in [-0.4, -0.2) is 31.7 Å². The number of carbonyl (C=O) groups is 1. The zero-order valence-corrected chi connectivity index (χ0v) is 16.8. The molecule has 2 aromatic rings. The number of phenols is 1. The molecule has 0 aliphatic carbocycles. The Balaban J connectivity index is 1.85. The maximum absolute atomic E-state index is 12.4. The molecule has 0 spiro atoms. The fraction of sp³-hybridized carbons (Fsp3) is 0.381. The van der Waals surface area contributed by atoms with Crippen LogP contribution in [0.3, 0.4) is 0 Å². The van der Waals surface area contributed by atoms with Gasteiger partial charge in [-0.3, -0.25) is 4.79 Å². The van der Waals surface area contributed by atoms with E-state index in [-0.39, 0.29) is 34.1 Å². The minimum Gasteiger partial charge on any atom is -0.508 e. The maximum Gasteiger partial charge on any atom is 0.221 e. The van der Waals surface area contributed by atoms with E-state index in [0.717, 1.165) is 11.1 Å². The number of benzene rings is 2. The number of carbonyl (C=O) groups excluding carboxylic acids is 1. The van der Waals surface area contributed by atoms with E-state index in [4.69, 9.17) is 0 Å². The summed E-state index contributed by atoms with van der Waals surface area (Å²) in [6.07, 6.45) is 0.392. The summed E-state index contributed by atoms with van der Waals surface area (Å²) >= 11 is 0. The van der Waals surface area contributed by atoms with Crippen LogP contribution in [0.1, 0.15) is 38.3 Å². The molecule has 0 saturated carbocycles. The molecule has 1 amide bonds. The highest BCUT2D eigenvalue weighted by molar-refractivity contribution is 7.91. The van der Waals surface area contributed by atoms with Crippen LogP contribution in [0, 0.1) is 0 Å². The monoisotopic (exact) mass is 389 g/mol. The van der Waals surface area contributed by atoms with Gasteiger partial charge < -0.3 is 10.4 Å². The van der Waals surface area contributed by atoms with Crippen molar-refractivity contribution in [3.63, 3.8) is 0 Å². The van der Waals surface area contributed by atoms with Crippen LogP contribution in [0.15, 0.2) is 53.4 Å². The van der Waals surface area contributed by atoms with Gasteiger partial charge in [0.25, 0.3) is 0 Å². The van der Waals surface area contributed by atoms with Crippen molar-refractivity contribution in [2.45, 2.75) is 43.9 Å². The van der Waals surface area contributed by atoms with E-state index in [2.05, 4.69) is 26.1 Å². The molecule has 0 radical (unpaired) electrons. The molecule has 6 heteroatoms. The highest BCUT2D eigenvalue weighted by Crippen LogP contribution is 2.24. The second-order valence-electron chi connectivity index (χ2n) is 7.57. The first kappa shape index (κ1) is 21.0. The van der Waals surface area contributed by atoms with Crippen molar-refractivity contribution < 1.29 is 18.3 Å². The predicted molar refractivity (Wildman–Crippen MR) is 107 cm³/mol. The van der Waals surface area contributed by atoms with Crippen LogP contribution in [0.5, 0.6) is 5.75 Å². The van der Waals surface area contributed by atoms with Crippen molar-refractivity contribution in [2.24, 2.45) is 0 Å². The van der Waals surface area contributed by atoms with Crippen molar-refractivity contribution in [1.82, 2.24) is 5.32 Å². The van der Waals surface area contributed by atoms with Crippen LogP contribution < -0.4 is 5.32 Å². The summed E-state index contributed by atoms with van der Waals surface area (Å²) in [6, 6.07) is 13.8. The van der Waals surface area contributed by atoms with Crippen molar-refractivity contribution >= 4 is 15.7 Å². The molecular formula is C21H27NO4S. The average molecular weight is 390 g/mol. The highest BCUT2D eigenvalue weighted by atomic mass is 32.2. The van der Waals surface area contributed by atoms with Gasteiger partial charge in [-0.05, 0) is 41.2 Å². The average Bonchev–Trinajstić information content (AvgIpc) is 2.61. The van der Waals surface area contributed by atoms with E-state index in [1.54, 1.807) is 30.3 Å². The molecule has 0 aliphatic heterocycles. The molecule has 0 aliphatic rings. The lowest BCUT2D eigenvalue weighted by atomic mass is 9.87. The molecule has 27 heavy (non-hydrogen) atoms. The lowest BCUT2D eigenvalue weighted by molar-refractivity contribution is -0.120. The van der Waals surface area contributed by atoms with E-state index in [1.807, 2.05) is 18.2 Å². The van der Waals surface area contributed by atoms with Crippen molar-refractivity contribution in [3.8, 4) is 5.75 Å². The molecule has 0 aromatic heterocycles. The smallest absolute Gasteiger partial charge is 0.221 e. The molecule has 0 heterocycles. The summed E-state index contributed by atoms with van der Waals surface area (Å²) in [4.78, 5) is 12.2. The molecule has 2 aromatic carbocycles. The summed E-state index contributed by atoms with van der Waals surface area (Å²) in [7, 11) is -3.50. The van der Waals surface area contributed by atoms with Crippen LogP contribution >= 0.6 is 0 Å². The molecule has 146 valence electrons. The first-order valence-corrected chi connectivity index (χ1v) is 10.6. The molecule has 0 atom stereocenters. The molecule has 2 rings (SSSR count). The Morgan fingerprint density at radius 2 is 1.67 bits per heavy atom. The molecule has 2 N–H and O–H groups in total. The summed E-state index contributed by atoms with van der Waals surface area (Å²) in [6.45, 7) is 6.54. The van der Waals surface area contributed by atoms with Gasteiger partial charge in [0.1, 0.15) is 5.75 Å². The largest absolute Gasteiger partial charge is 0.508 e. The van der Waals surface area contributed by atoms with Crippen molar-refractivity contribution in [2.75, 3.05) is 12.3 Å². The Kier molecular flexibility index (Phi) is 6.65. The van der Waals surface area contributed by atoms with Crippen LogP contribution in [-0.2, 0) is 26.5 Å². The summed E-state index contributed by atoms with van der Waals surface area (Å²) in [5.74, 6) is -0.363. The zero-order chi connectivity index (χ0) is 20.1. The third-order valence-corrected chi connectivity index (χ3v) is 6.12. The lowest BCUT2D eigenvalue weighted by Crippen LogP contribution is -2.27. The van der Waals surface area contributed by atoms with Gasteiger partial charge in [-0.15, -0.1) is 0 Å². The number of rotatable bonds is 7. The Labute approximate surface area is 161 Å². The van der Waals surface area contributed by atoms with E-state index in [1.165, 1.54) is 0 Å². The number of hydrogen-bond acceptors (Lipinski definition) is 4. The number of para-hydroxylation sites is 1.